The van der Waals surface area contributed by atoms with Gasteiger partial charge in [-0.2, -0.15) is 0 Å². The third-order valence-electron chi connectivity index (χ3n) is 4.56. The van der Waals surface area contributed by atoms with E-state index in [4.69, 9.17) is 16.3 Å². The van der Waals surface area contributed by atoms with Crippen LogP contribution in [0.5, 0.6) is 0 Å². The second-order valence-electron chi connectivity index (χ2n) is 6.47. The van der Waals surface area contributed by atoms with E-state index in [1.165, 1.54) is 13.2 Å². The Morgan fingerprint density at radius 2 is 2.10 bits per heavy atom. The molecule has 156 valence electrons. The van der Waals surface area contributed by atoms with Gasteiger partial charge in [-0.1, -0.05) is 49.9 Å². The first-order chi connectivity index (χ1) is 14.4. The Morgan fingerprint density at radius 1 is 1.37 bits per heavy atom. The molecule has 0 spiro atoms. The smallest absolute Gasteiger partial charge is 0.337 e. The maximum atomic E-state index is 14.6. The molecule has 30 heavy (non-hydrogen) atoms. The van der Waals surface area contributed by atoms with Crippen molar-refractivity contribution in [2.75, 3.05) is 7.11 Å². The second-order valence-corrected chi connectivity index (χ2v) is 6.91. The van der Waals surface area contributed by atoms with Gasteiger partial charge in [-0.3, -0.25) is 0 Å². The van der Waals surface area contributed by atoms with Crippen LogP contribution in [-0.2, 0) is 9.53 Å². The average Bonchev–Trinajstić information content (AvgIpc) is 2.73. The van der Waals surface area contributed by atoms with Crippen molar-refractivity contribution in [1.29, 1.82) is 0 Å². The minimum atomic E-state index is -0.423. The number of esters is 1. The summed E-state index contributed by atoms with van der Waals surface area (Å²) < 4.78 is 19.4. The molecule has 0 radical (unpaired) electrons. The lowest BCUT2D eigenvalue weighted by Gasteiger charge is -2.23. The van der Waals surface area contributed by atoms with E-state index >= 15 is 0 Å². The van der Waals surface area contributed by atoms with Gasteiger partial charge in [0.25, 0.3) is 0 Å². The van der Waals surface area contributed by atoms with Crippen LogP contribution in [0, 0.1) is 5.82 Å². The van der Waals surface area contributed by atoms with Crippen LogP contribution in [-0.4, -0.2) is 18.0 Å². The Morgan fingerprint density at radius 3 is 2.63 bits per heavy atom. The van der Waals surface area contributed by atoms with Gasteiger partial charge in [-0.25, -0.2) is 9.18 Å². The third-order valence-corrected chi connectivity index (χ3v) is 4.80. The molecule has 3 nitrogen and oxygen atoms in total. The number of carbonyl (C=O) groups excluding carboxylic acids is 1. The molecule has 0 bridgehead atoms. The van der Waals surface area contributed by atoms with Gasteiger partial charge in [0.15, 0.2) is 0 Å². The van der Waals surface area contributed by atoms with E-state index in [0.29, 0.717) is 33.9 Å². The van der Waals surface area contributed by atoms with Crippen LogP contribution in [0.4, 0.5) is 4.39 Å². The number of allylic oxidation sites excluding steroid dienone is 7. The molecule has 1 heterocycles. The number of halogens is 2. The fourth-order valence-corrected chi connectivity index (χ4v) is 3.22. The van der Waals surface area contributed by atoms with Crippen molar-refractivity contribution in [1.82, 2.24) is 4.90 Å². The van der Waals surface area contributed by atoms with Gasteiger partial charge >= 0.3 is 5.97 Å². The molecule has 1 aromatic rings. The summed E-state index contributed by atoms with van der Waals surface area (Å²) in [7, 11) is 1.34. The Labute approximate surface area is 182 Å². The van der Waals surface area contributed by atoms with E-state index in [2.05, 4.69) is 13.2 Å². The first-order valence-electron chi connectivity index (χ1n) is 9.47. The molecule has 0 N–H and O–H groups in total. The lowest BCUT2D eigenvalue weighted by molar-refractivity contribution is -0.135. The Balaban J connectivity index is 2.56. The fraction of sp³-hybridized carbons (Fsp3) is 0.160. The predicted molar refractivity (Wildman–Crippen MR) is 122 cm³/mol. The number of nitrogens with zero attached hydrogens (tertiary/aromatic N) is 1. The molecule has 0 unspecified atom stereocenters. The van der Waals surface area contributed by atoms with E-state index in [1.54, 1.807) is 36.6 Å². The molecule has 2 rings (SSSR count). The number of ether oxygens (including phenoxy) is 1. The molecular weight excluding hydrogens is 401 g/mol. The van der Waals surface area contributed by atoms with Crippen LogP contribution in [0.1, 0.15) is 25.8 Å². The van der Waals surface area contributed by atoms with E-state index in [0.717, 1.165) is 11.1 Å². The molecule has 1 aliphatic rings. The van der Waals surface area contributed by atoms with Crippen LogP contribution in [0.25, 0.3) is 5.57 Å². The summed E-state index contributed by atoms with van der Waals surface area (Å²) in [6.45, 7) is 11.8. The van der Waals surface area contributed by atoms with Crippen molar-refractivity contribution >= 4 is 23.1 Å². The zero-order valence-electron chi connectivity index (χ0n) is 17.4. The largest absolute Gasteiger partial charge is 0.465 e. The maximum Gasteiger partial charge on any atom is 0.337 e. The fourth-order valence-electron chi connectivity index (χ4n) is 3.06. The number of carbonyl (C=O) groups is 1. The highest BCUT2D eigenvalue weighted by Crippen LogP contribution is 2.31. The van der Waals surface area contributed by atoms with Crippen LogP contribution >= 0.6 is 11.6 Å². The first kappa shape index (κ1) is 23.2. The van der Waals surface area contributed by atoms with Gasteiger partial charge in [-0.15, -0.1) is 0 Å². The number of benzene rings is 1. The third kappa shape index (κ3) is 5.28. The SMILES string of the molecule is C=C/C(=C(\C=C/C)C(=C/N1C=CC(C(=O)OC)=CC1=C)/CC)c1ccc(Cl)cc1F. The second kappa shape index (κ2) is 10.6. The molecular formula is C25H25ClFNO2. The molecule has 0 fully saturated rings. The van der Waals surface area contributed by atoms with E-state index < -0.39 is 11.8 Å². The Kier molecular flexibility index (Phi) is 8.19. The van der Waals surface area contributed by atoms with Crippen molar-refractivity contribution in [2.24, 2.45) is 0 Å². The minimum Gasteiger partial charge on any atom is -0.465 e. The number of hydrogen-bond donors (Lipinski definition) is 0. The lowest BCUT2D eigenvalue weighted by atomic mass is 9.92. The summed E-state index contributed by atoms with van der Waals surface area (Å²) in [5, 5.41) is 0.335. The van der Waals surface area contributed by atoms with Gasteiger partial charge < -0.3 is 9.64 Å². The number of rotatable bonds is 7. The summed E-state index contributed by atoms with van der Waals surface area (Å²) in [4.78, 5) is 13.6. The minimum absolute atomic E-state index is 0.335. The lowest BCUT2D eigenvalue weighted by Crippen LogP contribution is -2.15. The summed E-state index contributed by atoms with van der Waals surface area (Å²) in [6, 6.07) is 4.59. The van der Waals surface area contributed by atoms with E-state index in [9.17, 15) is 9.18 Å². The molecule has 0 aromatic heterocycles. The van der Waals surface area contributed by atoms with Crippen LogP contribution in [0.15, 0.2) is 96.6 Å². The van der Waals surface area contributed by atoms with Crippen molar-refractivity contribution in [2.45, 2.75) is 20.3 Å². The molecule has 1 aliphatic heterocycles. The van der Waals surface area contributed by atoms with Gasteiger partial charge in [0, 0.05) is 28.7 Å². The molecule has 0 atom stereocenters. The summed E-state index contributed by atoms with van der Waals surface area (Å²) >= 11 is 5.92. The van der Waals surface area contributed by atoms with Gasteiger partial charge in [0.2, 0.25) is 0 Å². The van der Waals surface area contributed by atoms with E-state index in [-0.39, 0.29) is 0 Å². The highest BCUT2D eigenvalue weighted by atomic mass is 35.5. The normalized spacial score (nSPS) is 15.2. The number of hydrogen-bond acceptors (Lipinski definition) is 3. The zero-order chi connectivity index (χ0) is 22.3. The summed E-state index contributed by atoms with van der Waals surface area (Å²) in [5.41, 5.74) is 3.89. The maximum absolute atomic E-state index is 14.6. The quantitative estimate of drug-likeness (QED) is 0.358. The van der Waals surface area contributed by atoms with Crippen LogP contribution in [0.2, 0.25) is 5.02 Å². The molecule has 1 aromatic carbocycles. The summed E-state index contributed by atoms with van der Waals surface area (Å²) in [6.07, 6.45) is 13.1. The highest BCUT2D eigenvalue weighted by molar-refractivity contribution is 6.30. The summed E-state index contributed by atoms with van der Waals surface area (Å²) in [5.74, 6) is -0.837. The Bertz CT molecular complexity index is 1010. The van der Waals surface area contributed by atoms with Crippen molar-refractivity contribution in [3.05, 3.63) is 113 Å². The van der Waals surface area contributed by atoms with Crippen molar-refractivity contribution in [3.8, 4) is 0 Å². The topological polar surface area (TPSA) is 29.5 Å². The first-order valence-corrected chi connectivity index (χ1v) is 9.85. The highest BCUT2D eigenvalue weighted by Gasteiger charge is 2.16. The number of methoxy groups -OCH3 is 1. The molecule has 0 amide bonds. The monoisotopic (exact) mass is 425 g/mol. The Hall–Kier alpha value is -3.11. The molecule has 0 saturated heterocycles. The van der Waals surface area contributed by atoms with Crippen molar-refractivity contribution < 1.29 is 13.9 Å². The zero-order valence-corrected chi connectivity index (χ0v) is 18.2. The van der Waals surface area contributed by atoms with Gasteiger partial charge in [0.1, 0.15) is 5.82 Å². The van der Waals surface area contributed by atoms with E-state index in [1.807, 2.05) is 37.1 Å². The van der Waals surface area contributed by atoms with Crippen LogP contribution < -0.4 is 0 Å². The molecule has 0 saturated carbocycles. The predicted octanol–water partition coefficient (Wildman–Crippen LogP) is 6.73. The van der Waals surface area contributed by atoms with Gasteiger partial charge in [0.05, 0.1) is 12.7 Å². The molecule has 0 aliphatic carbocycles. The standard InChI is InChI=1S/C25H25ClFNO2/c1-6-9-22(21(8-3)23-11-10-20(26)15-24(23)27)18(7-2)16-28-13-12-19(14-17(28)4)25(29)30-5/h6,8-16H,3-4,7H2,1-2,5H3/b9-6-,18-16+,22-21-. The molecule has 5 heteroatoms. The van der Waals surface area contributed by atoms with Crippen molar-refractivity contribution in [3.63, 3.8) is 0 Å². The van der Waals surface area contributed by atoms with Crippen LogP contribution in [0.3, 0.4) is 0 Å². The van der Waals surface area contributed by atoms with Gasteiger partial charge in [-0.05, 0) is 60.4 Å². The average molecular weight is 426 g/mol.